The van der Waals surface area contributed by atoms with Crippen LogP contribution >= 0.6 is 0 Å². The minimum atomic E-state index is 0. The van der Waals surface area contributed by atoms with E-state index in [-0.39, 0.29) is 51.4 Å². The summed E-state index contributed by atoms with van der Waals surface area (Å²) in [5.74, 6) is 1.34. The molecule has 0 aliphatic rings. The predicted octanol–water partition coefficient (Wildman–Crippen LogP) is 0.656. The summed E-state index contributed by atoms with van der Waals surface area (Å²) in [7, 11) is 0. The molecule has 1 aromatic rings. The average Bonchev–Trinajstić information content (AvgIpc) is 2.33. The molecule has 0 fully saturated rings. The Morgan fingerprint density at radius 3 is 2.00 bits per heavy atom. The van der Waals surface area contributed by atoms with Gasteiger partial charge >= 0.3 is 51.4 Å². The number of rotatable bonds is 2. The molecule has 0 heterocycles. The summed E-state index contributed by atoms with van der Waals surface area (Å²) >= 11 is 0. The SMILES string of the molecule is CC(C)c1cc[c-](C(C)C)c1.[K+]. The van der Waals surface area contributed by atoms with E-state index in [1.807, 2.05) is 0 Å². The van der Waals surface area contributed by atoms with Gasteiger partial charge in [0.25, 0.3) is 0 Å². The molecule has 0 spiro atoms. The predicted molar refractivity (Wildman–Crippen MR) is 50.2 cm³/mol. The first kappa shape index (κ1) is 13.0. The minimum Gasteiger partial charge on any atom is -0.210 e. The van der Waals surface area contributed by atoms with Crippen LogP contribution in [0.4, 0.5) is 0 Å². The molecular weight excluding hydrogens is 171 g/mol. The van der Waals surface area contributed by atoms with E-state index in [9.17, 15) is 0 Å². The van der Waals surface area contributed by atoms with Crippen LogP contribution in [-0.4, -0.2) is 0 Å². The smallest absolute Gasteiger partial charge is 0.210 e. The number of hydrogen-bond donors (Lipinski definition) is 0. The summed E-state index contributed by atoms with van der Waals surface area (Å²) in [6.07, 6.45) is 0. The van der Waals surface area contributed by atoms with Crippen LogP contribution in [0, 0.1) is 0 Å². The average molecular weight is 188 g/mol. The molecule has 0 aliphatic heterocycles. The molecule has 0 aliphatic carbocycles. The fraction of sp³-hybridized carbons (Fsp3) is 0.545. The Morgan fingerprint density at radius 2 is 1.75 bits per heavy atom. The third kappa shape index (κ3) is 3.39. The second kappa shape index (κ2) is 5.66. The Labute approximate surface area is 119 Å². The molecule has 0 unspecified atom stereocenters. The molecule has 0 amide bonds. The van der Waals surface area contributed by atoms with Gasteiger partial charge in [-0.2, -0.15) is 23.3 Å². The van der Waals surface area contributed by atoms with Crippen molar-refractivity contribution in [2.45, 2.75) is 39.5 Å². The molecule has 0 saturated heterocycles. The maximum atomic E-state index is 2.31. The fourth-order valence-electron chi connectivity index (χ4n) is 1.20. The van der Waals surface area contributed by atoms with Gasteiger partial charge in [-0.05, 0) is 0 Å². The van der Waals surface area contributed by atoms with E-state index in [4.69, 9.17) is 0 Å². The normalized spacial score (nSPS) is 10.5. The van der Waals surface area contributed by atoms with Crippen LogP contribution in [0.5, 0.6) is 0 Å². The Hall–Kier alpha value is 0.986. The first-order valence-corrected chi connectivity index (χ1v) is 4.37. The van der Waals surface area contributed by atoms with Gasteiger partial charge in [-0.3, -0.25) is 0 Å². The van der Waals surface area contributed by atoms with Gasteiger partial charge in [0.2, 0.25) is 0 Å². The monoisotopic (exact) mass is 188 g/mol. The van der Waals surface area contributed by atoms with E-state index in [0.29, 0.717) is 11.8 Å². The topological polar surface area (TPSA) is 0 Å². The van der Waals surface area contributed by atoms with Crippen molar-refractivity contribution in [3.05, 3.63) is 29.3 Å². The van der Waals surface area contributed by atoms with Crippen molar-refractivity contribution in [1.29, 1.82) is 0 Å². The van der Waals surface area contributed by atoms with Crippen molar-refractivity contribution in [3.63, 3.8) is 0 Å². The first-order valence-electron chi connectivity index (χ1n) is 4.37. The van der Waals surface area contributed by atoms with Gasteiger partial charge in [0.05, 0.1) is 0 Å². The standard InChI is InChI=1S/C11H17.K/c1-8(2)10-5-6-11(7-10)9(3)4;/h5-9H,1-4H3;/q-1;+1. The molecule has 0 aromatic heterocycles. The van der Waals surface area contributed by atoms with Crippen molar-refractivity contribution in [1.82, 2.24) is 0 Å². The minimum absolute atomic E-state index is 0. The van der Waals surface area contributed by atoms with Crippen molar-refractivity contribution in [2.24, 2.45) is 0 Å². The summed E-state index contributed by atoms with van der Waals surface area (Å²) in [5, 5.41) is 0. The van der Waals surface area contributed by atoms with Gasteiger partial charge in [-0.15, -0.1) is 0 Å². The molecular formula is C11H17K. The zero-order valence-corrected chi connectivity index (χ0v) is 12.0. The van der Waals surface area contributed by atoms with Crippen LogP contribution < -0.4 is 51.4 Å². The van der Waals surface area contributed by atoms with Gasteiger partial charge in [-0.1, -0.05) is 39.5 Å². The summed E-state index contributed by atoms with van der Waals surface area (Å²) in [4.78, 5) is 0. The second-order valence-corrected chi connectivity index (χ2v) is 3.79. The molecule has 1 aromatic carbocycles. The third-order valence-electron chi connectivity index (χ3n) is 2.13. The molecule has 62 valence electrons. The van der Waals surface area contributed by atoms with Crippen LogP contribution in [0.3, 0.4) is 0 Å². The van der Waals surface area contributed by atoms with Crippen molar-refractivity contribution < 1.29 is 51.4 Å². The first-order chi connectivity index (χ1) is 5.11. The zero-order valence-electron chi connectivity index (χ0n) is 8.89. The summed E-state index contributed by atoms with van der Waals surface area (Å²) in [6, 6.07) is 6.79. The summed E-state index contributed by atoms with van der Waals surface area (Å²) in [5.41, 5.74) is 2.93. The summed E-state index contributed by atoms with van der Waals surface area (Å²) < 4.78 is 0. The van der Waals surface area contributed by atoms with Gasteiger partial charge < -0.3 is 0 Å². The fourth-order valence-corrected chi connectivity index (χ4v) is 1.20. The molecule has 0 bridgehead atoms. The van der Waals surface area contributed by atoms with E-state index in [0.717, 1.165) is 0 Å². The Morgan fingerprint density at radius 1 is 1.17 bits per heavy atom. The quantitative estimate of drug-likeness (QED) is 0.472. The van der Waals surface area contributed by atoms with E-state index in [1.54, 1.807) is 0 Å². The van der Waals surface area contributed by atoms with Crippen molar-refractivity contribution >= 4 is 0 Å². The molecule has 0 N–H and O–H groups in total. The largest absolute Gasteiger partial charge is 1.00 e. The Bertz CT molecular complexity index is 198. The van der Waals surface area contributed by atoms with Crippen LogP contribution in [0.15, 0.2) is 18.2 Å². The molecule has 0 atom stereocenters. The van der Waals surface area contributed by atoms with Gasteiger partial charge in [0, 0.05) is 0 Å². The van der Waals surface area contributed by atoms with Crippen LogP contribution in [-0.2, 0) is 0 Å². The van der Waals surface area contributed by atoms with Crippen LogP contribution in [0.25, 0.3) is 0 Å². The molecule has 1 heteroatoms. The number of hydrogen-bond acceptors (Lipinski definition) is 0. The molecule has 0 nitrogen and oxygen atoms in total. The second-order valence-electron chi connectivity index (χ2n) is 3.79. The van der Waals surface area contributed by atoms with Gasteiger partial charge in [0.15, 0.2) is 0 Å². The van der Waals surface area contributed by atoms with E-state index < -0.39 is 0 Å². The van der Waals surface area contributed by atoms with E-state index in [2.05, 4.69) is 45.9 Å². The molecule has 12 heavy (non-hydrogen) atoms. The molecule has 0 saturated carbocycles. The van der Waals surface area contributed by atoms with Crippen molar-refractivity contribution in [3.8, 4) is 0 Å². The zero-order chi connectivity index (χ0) is 8.43. The van der Waals surface area contributed by atoms with E-state index in [1.165, 1.54) is 11.1 Å². The van der Waals surface area contributed by atoms with E-state index >= 15 is 0 Å². The van der Waals surface area contributed by atoms with Crippen LogP contribution in [0.2, 0.25) is 0 Å². The Balaban J connectivity index is 0.00000121. The molecule has 0 radical (unpaired) electrons. The molecule has 1 rings (SSSR count). The Kier molecular flexibility index (Phi) is 6.13. The van der Waals surface area contributed by atoms with Gasteiger partial charge in [0.1, 0.15) is 0 Å². The maximum Gasteiger partial charge on any atom is 1.00 e. The van der Waals surface area contributed by atoms with Crippen LogP contribution in [0.1, 0.15) is 50.7 Å². The third-order valence-corrected chi connectivity index (χ3v) is 2.13. The maximum absolute atomic E-state index is 2.31. The summed E-state index contributed by atoms with van der Waals surface area (Å²) in [6.45, 7) is 8.94. The van der Waals surface area contributed by atoms with Gasteiger partial charge in [-0.25, -0.2) is 6.07 Å². The van der Waals surface area contributed by atoms with Crippen molar-refractivity contribution in [2.75, 3.05) is 0 Å².